The molecule has 0 fully saturated rings. The molecule has 0 aromatic carbocycles. The molecule has 0 amide bonds. The van der Waals surface area contributed by atoms with Gasteiger partial charge in [-0.25, -0.2) is 0 Å². The van der Waals surface area contributed by atoms with Crippen molar-refractivity contribution in [3.05, 3.63) is 24.3 Å². The molecule has 43 heavy (non-hydrogen) atoms. The van der Waals surface area contributed by atoms with E-state index >= 15 is 0 Å². The molecular weight excluding hydrogens is 607 g/mol. The molecule has 0 spiro atoms. The molecule has 0 aliphatic heterocycles. The van der Waals surface area contributed by atoms with Crippen molar-refractivity contribution in [1.29, 1.82) is 0 Å². The van der Waals surface area contributed by atoms with E-state index in [1.807, 2.05) is 43.2 Å². The van der Waals surface area contributed by atoms with Gasteiger partial charge in [0, 0.05) is 29.4 Å². The normalized spacial score (nSPS) is 12.7. The number of allylic oxidation sites excluding steroid dienone is 4. The van der Waals surface area contributed by atoms with Crippen molar-refractivity contribution in [1.82, 2.24) is 4.90 Å². The maximum atomic E-state index is 12.5. The van der Waals surface area contributed by atoms with Crippen LogP contribution in [0.3, 0.4) is 0 Å². The molecule has 0 aromatic rings. The molecule has 0 aliphatic rings. The Labute approximate surface area is 284 Å². The third-order valence-electron chi connectivity index (χ3n) is 7.23. The SMILES string of the molecule is CCCCCC/C=C\CCSSCCCCC(CCCCSSCC/C=C\CCCCCCC)OC(=O)CCCN(C)C. The number of carbonyl (C=O) groups excluding carboxylic acids is 1. The molecule has 7 heteroatoms. The largest absolute Gasteiger partial charge is 0.462 e. The van der Waals surface area contributed by atoms with E-state index in [4.69, 9.17) is 4.74 Å². The summed E-state index contributed by atoms with van der Waals surface area (Å²) < 4.78 is 5.97. The lowest BCUT2D eigenvalue weighted by molar-refractivity contribution is -0.150. The van der Waals surface area contributed by atoms with E-state index in [9.17, 15) is 4.79 Å². The Kier molecular flexibility index (Phi) is 37.0. The van der Waals surface area contributed by atoms with Crippen molar-refractivity contribution < 1.29 is 9.53 Å². The first-order valence-electron chi connectivity index (χ1n) is 17.7. The number of hydrogen-bond donors (Lipinski definition) is 0. The van der Waals surface area contributed by atoms with Crippen LogP contribution in [0.4, 0.5) is 0 Å². The Bertz CT molecular complexity index is 630. The molecule has 3 nitrogen and oxygen atoms in total. The van der Waals surface area contributed by atoms with Gasteiger partial charge >= 0.3 is 5.97 Å². The fourth-order valence-corrected chi connectivity index (χ4v) is 8.89. The zero-order valence-corrected chi connectivity index (χ0v) is 31.9. The highest BCUT2D eigenvalue weighted by atomic mass is 33.1. The summed E-state index contributed by atoms with van der Waals surface area (Å²) in [6.45, 7) is 5.48. The smallest absolute Gasteiger partial charge is 0.306 e. The average Bonchev–Trinajstić information content (AvgIpc) is 2.98. The predicted molar refractivity (Wildman–Crippen MR) is 205 cm³/mol. The Morgan fingerprint density at radius 1 is 0.581 bits per heavy atom. The van der Waals surface area contributed by atoms with E-state index in [0.717, 1.165) is 38.6 Å². The number of esters is 1. The summed E-state index contributed by atoms with van der Waals surface area (Å²) in [4.78, 5) is 14.6. The maximum Gasteiger partial charge on any atom is 0.306 e. The van der Waals surface area contributed by atoms with Gasteiger partial charge in [-0.15, -0.1) is 0 Å². The Hall–Kier alpha value is 0.310. The van der Waals surface area contributed by atoms with Crippen LogP contribution in [-0.2, 0) is 9.53 Å². The van der Waals surface area contributed by atoms with Crippen LogP contribution in [0.2, 0.25) is 0 Å². The van der Waals surface area contributed by atoms with Crippen LogP contribution in [0.15, 0.2) is 24.3 Å². The zero-order valence-electron chi connectivity index (χ0n) is 28.7. The van der Waals surface area contributed by atoms with Crippen molar-refractivity contribution in [2.45, 2.75) is 155 Å². The van der Waals surface area contributed by atoms with Crippen molar-refractivity contribution in [3.8, 4) is 0 Å². The van der Waals surface area contributed by atoms with Crippen LogP contribution in [-0.4, -0.2) is 60.6 Å². The molecular formula is C36H69NO2S4. The van der Waals surface area contributed by atoms with Crippen molar-refractivity contribution in [3.63, 3.8) is 0 Å². The quantitative estimate of drug-likeness (QED) is 0.0290. The molecule has 0 saturated heterocycles. The third-order valence-corrected chi connectivity index (χ3v) is 12.3. The molecule has 0 aromatic heterocycles. The average molecular weight is 676 g/mol. The number of unbranched alkanes of at least 4 members (excludes halogenated alkanes) is 11. The molecule has 1 unspecified atom stereocenters. The van der Waals surface area contributed by atoms with Gasteiger partial charge in [0.2, 0.25) is 0 Å². The van der Waals surface area contributed by atoms with Crippen LogP contribution in [0.5, 0.6) is 0 Å². The Balaban J connectivity index is 3.98. The highest BCUT2D eigenvalue weighted by Crippen LogP contribution is 2.26. The summed E-state index contributed by atoms with van der Waals surface area (Å²) in [5.41, 5.74) is 0. The summed E-state index contributed by atoms with van der Waals surface area (Å²) in [5.74, 6) is 4.79. The number of ether oxygens (including phenoxy) is 1. The topological polar surface area (TPSA) is 29.5 Å². The van der Waals surface area contributed by atoms with Crippen molar-refractivity contribution in [2.75, 3.05) is 43.7 Å². The van der Waals surface area contributed by atoms with Gasteiger partial charge < -0.3 is 9.64 Å². The molecule has 0 saturated carbocycles. The lowest BCUT2D eigenvalue weighted by Crippen LogP contribution is -2.20. The molecule has 1 atom stereocenters. The summed E-state index contributed by atoms with van der Waals surface area (Å²) in [6.07, 6.45) is 34.8. The Morgan fingerprint density at radius 2 is 1.05 bits per heavy atom. The van der Waals surface area contributed by atoms with E-state index in [1.165, 1.54) is 119 Å². The van der Waals surface area contributed by atoms with Crippen LogP contribution in [0.1, 0.15) is 149 Å². The first-order valence-corrected chi connectivity index (χ1v) is 22.7. The first-order chi connectivity index (χ1) is 21.1. The van der Waals surface area contributed by atoms with Crippen LogP contribution in [0, 0.1) is 0 Å². The van der Waals surface area contributed by atoms with Crippen LogP contribution >= 0.6 is 43.2 Å². The van der Waals surface area contributed by atoms with Gasteiger partial charge in [0.1, 0.15) is 6.10 Å². The second-order valence-corrected chi connectivity index (χ2v) is 17.3. The minimum Gasteiger partial charge on any atom is -0.462 e. The number of nitrogens with zero attached hydrogens (tertiary/aromatic N) is 1. The Morgan fingerprint density at radius 3 is 1.56 bits per heavy atom. The third kappa shape index (κ3) is 36.7. The van der Waals surface area contributed by atoms with Gasteiger partial charge in [0.25, 0.3) is 0 Å². The lowest BCUT2D eigenvalue weighted by Gasteiger charge is -2.18. The fraction of sp³-hybridized carbons (Fsp3) is 0.861. The van der Waals surface area contributed by atoms with Crippen LogP contribution in [0.25, 0.3) is 0 Å². The van der Waals surface area contributed by atoms with E-state index in [1.54, 1.807) is 0 Å². The summed E-state index contributed by atoms with van der Waals surface area (Å²) in [5, 5.41) is 0. The maximum absolute atomic E-state index is 12.5. The fourth-order valence-electron chi connectivity index (χ4n) is 4.61. The van der Waals surface area contributed by atoms with Gasteiger partial charge in [-0.3, -0.25) is 4.79 Å². The van der Waals surface area contributed by atoms with Crippen LogP contribution < -0.4 is 0 Å². The predicted octanol–water partition coefficient (Wildman–Crippen LogP) is 12.6. The number of hydrogen-bond acceptors (Lipinski definition) is 7. The van der Waals surface area contributed by atoms with Gasteiger partial charge in [0.05, 0.1) is 0 Å². The van der Waals surface area contributed by atoms with Crippen molar-refractivity contribution >= 4 is 49.1 Å². The van der Waals surface area contributed by atoms with E-state index in [-0.39, 0.29) is 12.1 Å². The molecule has 0 radical (unpaired) electrons. The summed E-state index contributed by atoms with van der Waals surface area (Å²) in [6, 6.07) is 0. The van der Waals surface area contributed by atoms with Gasteiger partial charge in [-0.1, -0.05) is 126 Å². The van der Waals surface area contributed by atoms with E-state index < -0.39 is 0 Å². The van der Waals surface area contributed by atoms with Gasteiger partial charge in [0.15, 0.2) is 0 Å². The molecule has 0 bridgehead atoms. The van der Waals surface area contributed by atoms with E-state index in [0.29, 0.717) is 6.42 Å². The molecule has 0 rings (SSSR count). The molecule has 0 heterocycles. The molecule has 0 N–H and O–H groups in total. The monoisotopic (exact) mass is 675 g/mol. The lowest BCUT2D eigenvalue weighted by atomic mass is 10.1. The first kappa shape index (κ1) is 43.3. The van der Waals surface area contributed by atoms with Crippen molar-refractivity contribution in [2.24, 2.45) is 0 Å². The highest BCUT2D eigenvalue weighted by molar-refractivity contribution is 8.77. The second kappa shape index (κ2) is 36.8. The summed E-state index contributed by atoms with van der Waals surface area (Å²) in [7, 11) is 12.1. The standard InChI is InChI=1S/C36H69NO2S4/c1-5-7-9-11-13-15-17-19-23-32-41-43-34-25-21-28-35(39-36(38)29-26-30-37(3)4)27-20-24-33-42-40-31-22-18-16-14-12-10-8-6-2/h16-19,35H,5-15,20-34H2,1-4H3/b18-16-,19-17-. The zero-order chi connectivity index (χ0) is 31.5. The van der Waals surface area contributed by atoms with Gasteiger partial charge in [-0.2, -0.15) is 0 Å². The van der Waals surface area contributed by atoms with Gasteiger partial charge in [-0.05, 0) is 104 Å². The summed E-state index contributed by atoms with van der Waals surface area (Å²) >= 11 is 0. The second-order valence-electron chi connectivity index (χ2n) is 11.9. The minimum absolute atomic E-state index is 0.00542. The minimum atomic E-state index is -0.00542. The highest BCUT2D eigenvalue weighted by Gasteiger charge is 2.14. The molecule has 0 aliphatic carbocycles. The van der Waals surface area contributed by atoms with E-state index in [2.05, 4.69) is 57.1 Å². The number of rotatable bonds is 34. The number of carbonyl (C=O) groups is 1. The molecule has 254 valence electrons.